The Balaban J connectivity index is 0.00000200. The summed E-state index contributed by atoms with van der Waals surface area (Å²) in [6.45, 7) is 3.12. The summed E-state index contributed by atoms with van der Waals surface area (Å²) in [5.74, 6) is 3.75. The third-order valence-corrected chi connectivity index (χ3v) is 4.25. The fraction of sp³-hybridized carbons (Fsp3) is 0.462. The molecule has 1 aliphatic rings. The SMILES string of the molecule is I.NC(=NCCOc1ccc(Br)cc1)N1CCSCC1. The van der Waals surface area contributed by atoms with Crippen molar-refractivity contribution in [1.82, 2.24) is 4.90 Å². The molecule has 0 atom stereocenters. The molecule has 2 rings (SSSR count). The van der Waals surface area contributed by atoms with Crippen LogP contribution < -0.4 is 10.5 Å². The first-order chi connectivity index (χ1) is 9.25. The number of halogens is 2. The Hall–Kier alpha value is -0.150. The van der Waals surface area contributed by atoms with E-state index in [9.17, 15) is 0 Å². The van der Waals surface area contributed by atoms with Gasteiger partial charge in [0.2, 0.25) is 0 Å². The Labute approximate surface area is 149 Å². The van der Waals surface area contributed by atoms with Gasteiger partial charge >= 0.3 is 0 Å². The van der Waals surface area contributed by atoms with Gasteiger partial charge in [-0.3, -0.25) is 0 Å². The predicted octanol–water partition coefficient (Wildman–Crippen LogP) is 2.81. The van der Waals surface area contributed by atoms with E-state index < -0.39 is 0 Å². The molecule has 1 fully saturated rings. The molecule has 0 radical (unpaired) electrons. The number of hydrogen-bond donors (Lipinski definition) is 1. The zero-order chi connectivity index (χ0) is 13.5. The molecule has 1 aromatic rings. The first kappa shape index (κ1) is 17.9. The van der Waals surface area contributed by atoms with Crippen LogP contribution in [-0.4, -0.2) is 48.6 Å². The summed E-state index contributed by atoms with van der Waals surface area (Å²) in [6.07, 6.45) is 0. The average molecular weight is 472 g/mol. The Morgan fingerprint density at radius 3 is 2.60 bits per heavy atom. The van der Waals surface area contributed by atoms with Crippen molar-refractivity contribution in [1.29, 1.82) is 0 Å². The van der Waals surface area contributed by atoms with Crippen LogP contribution in [0.1, 0.15) is 0 Å². The zero-order valence-corrected chi connectivity index (χ0v) is 15.9. The lowest BCUT2D eigenvalue weighted by atomic mass is 10.3. The number of nitrogens with two attached hydrogens (primary N) is 1. The van der Waals surface area contributed by atoms with E-state index >= 15 is 0 Å². The molecule has 2 N–H and O–H groups in total. The van der Waals surface area contributed by atoms with Crippen LogP contribution in [0.15, 0.2) is 33.7 Å². The maximum Gasteiger partial charge on any atom is 0.191 e. The minimum Gasteiger partial charge on any atom is -0.492 e. The van der Waals surface area contributed by atoms with Gasteiger partial charge in [-0.15, -0.1) is 24.0 Å². The van der Waals surface area contributed by atoms with Crippen molar-refractivity contribution in [2.24, 2.45) is 10.7 Å². The number of thioether (sulfide) groups is 1. The molecule has 4 nitrogen and oxygen atoms in total. The number of nitrogens with zero attached hydrogens (tertiary/aromatic N) is 2. The van der Waals surface area contributed by atoms with Gasteiger partial charge in [-0.05, 0) is 24.3 Å². The summed E-state index contributed by atoms with van der Waals surface area (Å²) in [5.41, 5.74) is 5.95. The van der Waals surface area contributed by atoms with E-state index in [-0.39, 0.29) is 24.0 Å². The Bertz CT molecular complexity index is 424. The highest BCUT2D eigenvalue weighted by Crippen LogP contribution is 2.15. The molecule has 0 amide bonds. The molecule has 0 saturated carbocycles. The van der Waals surface area contributed by atoms with E-state index in [1.807, 2.05) is 36.0 Å². The maximum absolute atomic E-state index is 5.95. The smallest absolute Gasteiger partial charge is 0.191 e. The van der Waals surface area contributed by atoms with Gasteiger partial charge in [0, 0.05) is 29.1 Å². The van der Waals surface area contributed by atoms with Crippen molar-refractivity contribution in [3.05, 3.63) is 28.7 Å². The Morgan fingerprint density at radius 2 is 1.95 bits per heavy atom. The van der Waals surface area contributed by atoms with E-state index in [0.717, 1.165) is 34.8 Å². The van der Waals surface area contributed by atoms with Crippen LogP contribution in [0.3, 0.4) is 0 Å². The highest BCUT2D eigenvalue weighted by atomic mass is 127. The van der Waals surface area contributed by atoms with Crippen LogP contribution in [0.25, 0.3) is 0 Å². The molecule has 1 aliphatic heterocycles. The van der Waals surface area contributed by atoms with E-state index in [4.69, 9.17) is 10.5 Å². The van der Waals surface area contributed by atoms with Crippen molar-refractivity contribution in [2.75, 3.05) is 37.7 Å². The topological polar surface area (TPSA) is 50.9 Å². The summed E-state index contributed by atoms with van der Waals surface area (Å²) >= 11 is 5.35. The average Bonchev–Trinajstić information content (AvgIpc) is 2.46. The largest absolute Gasteiger partial charge is 0.492 e. The number of guanidine groups is 1. The standard InChI is InChI=1S/C13H18BrN3OS.HI/c14-11-1-3-12(4-2-11)18-8-5-16-13(15)17-6-9-19-10-7-17;/h1-4H,5-10H2,(H2,15,16);1H. The van der Waals surface area contributed by atoms with Gasteiger partial charge in [0.05, 0.1) is 6.54 Å². The van der Waals surface area contributed by atoms with Gasteiger partial charge in [-0.2, -0.15) is 11.8 Å². The molecular formula is C13H19BrIN3OS. The van der Waals surface area contributed by atoms with Crippen molar-refractivity contribution in [3.63, 3.8) is 0 Å². The van der Waals surface area contributed by atoms with Gasteiger partial charge in [0.1, 0.15) is 12.4 Å². The van der Waals surface area contributed by atoms with Crippen LogP contribution >= 0.6 is 51.7 Å². The molecule has 1 heterocycles. The summed E-state index contributed by atoms with van der Waals surface area (Å²) in [4.78, 5) is 6.49. The van der Waals surface area contributed by atoms with E-state index in [2.05, 4.69) is 25.8 Å². The van der Waals surface area contributed by atoms with E-state index in [0.29, 0.717) is 19.1 Å². The summed E-state index contributed by atoms with van der Waals surface area (Å²) in [5, 5.41) is 0. The first-order valence-electron chi connectivity index (χ1n) is 6.27. The van der Waals surface area contributed by atoms with Crippen molar-refractivity contribution in [3.8, 4) is 5.75 Å². The Morgan fingerprint density at radius 1 is 1.30 bits per heavy atom. The molecule has 20 heavy (non-hydrogen) atoms. The van der Waals surface area contributed by atoms with Crippen LogP contribution in [0.2, 0.25) is 0 Å². The van der Waals surface area contributed by atoms with Crippen molar-refractivity contribution in [2.45, 2.75) is 0 Å². The minimum absolute atomic E-state index is 0. The quantitative estimate of drug-likeness (QED) is 0.317. The number of benzene rings is 1. The predicted molar refractivity (Wildman–Crippen MR) is 100 cm³/mol. The lowest BCUT2D eigenvalue weighted by molar-refractivity contribution is 0.327. The van der Waals surface area contributed by atoms with Gasteiger partial charge in [0.15, 0.2) is 5.96 Å². The first-order valence-corrected chi connectivity index (χ1v) is 8.21. The summed E-state index contributed by atoms with van der Waals surface area (Å²) < 4.78 is 6.64. The van der Waals surface area contributed by atoms with E-state index in [1.165, 1.54) is 0 Å². The number of hydrogen-bond acceptors (Lipinski definition) is 3. The van der Waals surface area contributed by atoms with Gasteiger partial charge < -0.3 is 15.4 Å². The second-order valence-electron chi connectivity index (χ2n) is 4.14. The molecule has 0 spiro atoms. The molecule has 0 unspecified atom stereocenters. The lowest BCUT2D eigenvalue weighted by Crippen LogP contribution is -2.42. The monoisotopic (exact) mass is 471 g/mol. The minimum atomic E-state index is 0. The van der Waals surface area contributed by atoms with Gasteiger partial charge in [-0.25, -0.2) is 4.99 Å². The summed E-state index contributed by atoms with van der Waals surface area (Å²) in [6, 6.07) is 7.77. The maximum atomic E-state index is 5.95. The third kappa shape index (κ3) is 6.09. The Kier molecular flexibility index (Phi) is 8.70. The molecule has 7 heteroatoms. The highest BCUT2D eigenvalue weighted by molar-refractivity contribution is 14.0. The third-order valence-electron chi connectivity index (χ3n) is 2.78. The fourth-order valence-corrected chi connectivity index (χ4v) is 2.91. The second kappa shape index (κ2) is 9.73. The molecule has 0 aliphatic carbocycles. The zero-order valence-electron chi connectivity index (χ0n) is 11.1. The fourth-order valence-electron chi connectivity index (χ4n) is 1.75. The molecule has 0 bridgehead atoms. The summed E-state index contributed by atoms with van der Waals surface area (Å²) in [7, 11) is 0. The molecule has 1 saturated heterocycles. The van der Waals surface area contributed by atoms with Crippen molar-refractivity contribution >= 4 is 57.6 Å². The number of ether oxygens (including phenoxy) is 1. The van der Waals surface area contributed by atoms with Crippen LogP contribution in [0.4, 0.5) is 0 Å². The number of rotatable bonds is 4. The molecule has 0 aromatic heterocycles. The van der Waals surface area contributed by atoms with Crippen LogP contribution in [0, 0.1) is 0 Å². The van der Waals surface area contributed by atoms with E-state index in [1.54, 1.807) is 0 Å². The van der Waals surface area contributed by atoms with Crippen molar-refractivity contribution < 1.29 is 4.74 Å². The molecular weight excluding hydrogens is 453 g/mol. The normalized spacial score (nSPS) is 15.7. The lowest BCUT2D eigenvalue weighted by Gasteiger charge is -2.27. The van der Waals surface area contributed by atoms with Gasteiger partial charge in [0.25, 0.3) is 0 Å². The molecule has 1 aromatic carbocycles. The number of aliphatic imine (C=N–C) groups is 1. The highest BCUT2D eigenvalue weighted by Gasteiger charge is 2.11. The van der Waals surface area contributed by atoms with Crippen LogP contribution in [-0.2, 0) is 0 Å². The second-order valence-corrected chi connectivity index (χ2v) is 6.28. The molecule has 112 valence electrons. The van der Waals surface area contributed by atoms with Crippen LogP contribution in [0.5, 0.6) is 5.75 Å². The van der Waals surface area contributed by atoms with Gasteiger partial charge in [-0.1, -0.05) is 15.9 Å².